The molecule has 2 aromatic heterocycles. The summed E-state index contributed by atoms with van der Waals surface area (Å²) in [5.41, 5.74) is 0.173. The third-order valence-electron chi connectivity index (χ3n) is 1.51. The fourth-order valence-corrected chi connectivity index (χ4v) is 0.966. The molecule has 0 fully saturated rings. The van der Waals surface area contributed by atoms with E-state index in [4.69, 9.17) is 11.6 Å². The first-order chi connectivity index (χ1) is 7.25. The summed E-state index contributed by atoms with van der Waals surface area (Å²) in [6.45, 7) is 0. The molecule has 2 N–H and O–H groups in total. The van der Waals surface area contributed by atoms with Crippen LogP contribution in [-0.2, 0) is 0 Å². The smallest absolute Gasteiger partial charge is 0.279 e. The second-order valence-corrected chi connectivity index (χ2v) is 2.92. The molecule has 0 saturated heterocycles. The number of nitrogens with zero attached hydrogens (tertiary/aromatic N) is 4. The molecule has 0 aliphatic heterocycles. The number of carbonyl (C=O) groups excluding carboxylic acids is 1. The maximum Gasteiger partial charge on any atom is 0.279 e. The van der Waals surface area contributed by atoms with Crippen LogP contribution in [0.5, 0.6) is 0 Å². The number of aromatic nitrogens is 5. The van der Waals surface area contributed by atoms with Crippen LogP contribution in [-0.4, -0.2) is 31.3 Å². The predicted molar refractivity (Wildman–Crippen MR) is 51.4 cm³/mol. The van der Waals surface area contributed by atoms with Crippen molar-refractivity contribution in [2.24, 2.45) is 0 Å². The van der Waals surface area contributed by atoms with E-state index in [9.17, 15) is 4.79 Å². The molecule has 0 aromatic carbocycles. The van der Waals surface area contributed by atoms with Crippen molar-refractivity contribution in [1.82, 2.24) is 25.4 Å². The molecule has 2 aromatic rings. The van der Waals surface area contributed by atoms with Gasteiger partial charge in [0.05, 0.1) is 18.6 Å². The lowest BCUT2D eigenvalue weighted by atomic mass is 10.4. The van der Waals surface area contributed by atoms with Gasteiger partial charge in [-0.3, -0.25) is 4.79 Å². The molecule has 1 amide bonds. The Balaban J connectivity index is 2.09. The molecule has 0 bridgehead atoms. The number of anilines is 1. The Bertz CT molecular complexity index is 453. The number of nitrogens with one attached hydrogen (secondary N) is 2. The molecule has 0 spiro atoms. The van der Waals surface area contributed by atoms with E-state index in [1.54, 1.807) is 0 Å². The summed E-state index contributed by atoms with van der Waals surface area (Å²) in [7, 11) is 0. The fourth-order valence-electron chi connectivity index (χ4n) is 0.868. The summed E-state index contributed by atoms with van der Waals surface area (Å²) in [5, 5.41) is 12.2. The number of halogens is 1. The van der Waals surface area contributed by atoms with E-state index >= 15 is 0 Å². The van der Waals surface area contributed by atoms with E-state index in [0.717, 1.165) is 0 Å². The molecular weight excluding hydrogens is 220 g/mol. The van der Waals surface area contributed by atoms with Gasteiger partial charge in [-0.25, -0.2) is 9.97 Å². The van der Waals surface area contributed by atoms with Crippen molar-refractivity contribution in [1.29, 1.82) is 0 Å². The van der Waals surface area contributed by atoms with Gasteiger partial charge in [0, 0.05) is 0 Å². The Morgan fingerprint density at radius 3 is 2.80 bits per heavy atom. The number of H-pyrrole nitrogens is 1. The van der Waals surface area contributed by atoms with Gasteiger partial charge in [0.1, 0.15) is 5.15 Å². The summed E-state index contributed by atoms with van der Waals surface area (Å²) < 4.78 is 0. The fraction of sp³-hybridized carbons (Fsp3) is 0. The second kappa shape index (κ2) is 4.01. The zero-order chi connectivity index (χ0) is 10.7. The van der Waals surface area contributed by atoms with Crippen molar-refractivity contribution in [2.75, 3.05) is 5.32 Å². The number of carbonyl (C=O) groups is 1. The van der Waals surface area contributed by atoms with Gasteiger partial charge < -0.3 is 5.32 Å². The van der Waals surface area contributed by atoms with Crippen LogP contribution in [0.1, 0.15) is 10.5 Å². The van der Waals surface area contributed by atoms with Crippen molar-refractivity contribution in [3.63, 3.8) is 0 Å². The van der Waals surface area contributed by atoms with E-state index in [-0.39, 0.29) is 10.8 Å². The summed E-state index contributed by atoms with van der Waals surface area (Å²) in [6.07, 6.45) is 3.99. The Morgan fingerprint density at radius 1 is 1.33 bits per heavy atom. The molecule has 2 rings (SSSR count). The highest BCUT2D eigenvalue weighted by molar-refractivity contribution is 6.29. The number of rotatable bonds is 2. The van der Waals surface area contributed by atoms with E-state index in [1.165, 1.54) is 18.6 Å². The van der Waals surface area contributed by atoms with E-state index in [2.05, 4.69) is 30.7 Å². The first kappa shape index (κ1) is 9.53. The van der Waals surface area contributed by atoms with Crippen LogP contribution in [0.25, 0.3) is 0 Å². The Hall–Kier alpha value is -2.02. The van der Waals surface area contributed by atoms with Gasteiger partial charge in [-0.1, -0.05) is 11.6 Å². The van der Waals surface area contributed by atoms with Crippen LogP contribution in [0.2, 0.25) is 5.15 Å². The predicted octanol–water partition coefficient (Wildman–Crippen LogP) is 0.500. The molecule has 0 aliphatic carbocycles. The van der Waals surface area contributed by atoms with Crippen LogP contribution >= 0.6 is 11.6 Å². The van der Waals surface area contributed by atoms with Gasteiger partial charge in [0.25, 0.3) is 5.91 Å². The van der Waals surface area contributed by atoms with Gasteiger partial charge in [-0.05, 0) is 0 Å². The van der Waals surface area contributed by atoms with Crippen molar-refractivity contribution < 1.29 is 4.79 Å². The van der Waals surface area contributed by atoms with E-state index in [1.807, 2.05) is 0 Å². The monoisotopic (exact) mass is 224 g/mol. The molecule has 0 aliphatic rings. The van der Waals surface area contributed by atoms with Crippen molar-refractivity contribution in [3.8, 4) is 0 Å². The topological polar surface area (TPSA) is 96.5 Å². The third kappa shape index (κ3) is 2.26. The summed E-state index contributed by atoms with van der Waals surface area (Å²) in [6, 6.07) is 0. The Morgan fingerprint density at radius 2 is 2.20 bits per heavy atom. The SMILES string of the molecule is O=C(Nc1cnc(Cl)cn1)c1cn[nH]n1. The van der Waals surface area contributed by atoms with Crippen molar-refractivity contribution >= 4 is 23.3 Å². The van der Waals surface area contributed by atoms with Gasteiger partial charge in [-0.2, -0.15) is 15.4 Å². The standard InChI is InChI=1S/C7H5ClN6O/c8-5-2-10-6(3-9-5)12-7(15)4-1-11-14-13-4/h1-3H,(H,10,12,15)(H,11,13,14). The second-order valence-electron chi connectivity index (χ2n) is 2.53. The summed E-state index contributed by atoms with van der Waals surface area (Å²) >= 11 is 5.53. The molecule has 8 heteroatoms. The maximum absolute atomic E-state index is 11.4. The summed E-state index contributed by atoms with van der Waals surface area (Å²) in [4.78, 5) is 19.0. The molecule has 0 saturated carbocycles. The van der Waals surface area contributed by atoms with E-state index in [0.29, 0.717) is 5.82 Å². The summed E-state index contributed by atoms with van der Waals surface area (Å²) in [5.74, 6) is -0.118. The molecule has 0 radical (unpaired) electrons. The average molecular weight is 225 g/mol. The minimum Gasteiger partial charge on any atom is -0.304 e. The van der Waals surface area contributed by atoms with Crippen LogP contribution in [0, 0.1) is 0 Å². The Kier molecular flexibility index (Phi) is 2.55. The third-order valence-corrected chi connectivity index (χ3v) is 1.70. The minimum atomic E-state index is -0.416. The normalized spacial score (nSPS) is 9.93. The molecular formula is C7H5ClN6O. The molecule has 15 heavy (non-hydrogen) atoms. The van der Waals surface area contributed by atoms with Gasteiger partial charge in [-0.15, -0.1) is 0 Å². The van der Waals surface area contributed by atoms with Gasteiger partial charge in [0.2, 0.25) is 0 Å². The van der Waals surface area contributed by atoms with Crippen LogP contribution < -0.4 is 5.32 Å². The number of hydrogen-bond donors (Lipinski definition) is 2. The number of aromatic amines is 1. The lowest BCUT2D eigenvalue weighted by molar-refractivity contribution is 0.102. The molecule has 0 atom stereocenters. The molecule has 7 nitrogen and oxygen atoms in total. The van der Waals surface area contributed by atoms with Crippen LogP contribution in [0.3, 0.4) is 0 Å². The zero-order valence-electron chi connectivity index (χ0n) is 7.31. The maximum atomic E-state index is 11.4. The van der Waals surface area contributed by atoms with Crippen molar-refractivity contribution in [3.05, 3.63) is 29.4 Å². The minimum absolute atomic E-state index is 0.173. The van der Waals surface area contributed by atoms with Crippen LogP contribution in [0.4, 0.5) is 5.82 Å². The molecule has 2 heterocycles. The van der Waals surface area contributed by atoms with Gasteiger partial charge >= 0.3 is 0 Å². The van der Waals surface area contributed by atoms with E-state index < -0.39 is 5.91 Å². The highest BCUT2D eigenvalue weighted by Gasteiger charge is 2.09. The van der Waals surface area contributed by atoms with Gasteiger partial charge in [0.15, 0.2) is 11.5 Å². The first-order valence-electron chi connectivity index (χ1n) is 3.90. The largest absolute Gasteiger partial charge is 0.304 e. The lowest BCUT2D eigenvalue weighted by Crippen LogP contribution is -2.13. The van der Waals surface area contributed by atoms with Crippen LogP contribution in [0.15, 0.2) is 18.6 Å². The molecule has 0 unspecified atom stereocenters. The molecule has 76 valence electrons. The highest BCUT2D eigenvalue weighted by Crippen LogP contribution is 2.06. The number of amides is 1. The Labute approximate surface area is 88.9 Å². The van der Waals surface area contributed by atoms with Crippen molar-refractivity contribution in [2.45, 2.75) is 0 Å². The highest BCUT2D eigenvalue weighted by atomic mass is 35.5. The first-order valence-corrected chi connectivity index (χ1v) is 4.28. The number of hydrogen-bond acceptors (Lipinski definition) is 5. The quantitative estimate of drug-likeness (QED) is 0.774. The zero-order valence-corrected chi connectivity index (χ0v) is 8.06. The lowest BCUT2D eigenvalue weighted by Gasteiger charge is -1.99. The average Bonchev–Trinajstić information content (AvgIpc) is 2.74.